The van der Waals surface area contributed by atoms with Gasteiger partial charge in [-0.3, -0.25) is 0 Å². The highest BCUT2D eigenvalue weighted by atomic mass is 16.5. The molecule has 0 fully saturated rings. The topological polar surface area (TPSA) is 89.8 Å². The molecule has 2 amide bonds. The molecule has 1 heterocycles. The highest BCUT2D eigenvalue weighted by Crippen LogP contribution is 2.28. The summed E-state index contributed by atoms with van der Waals surface area (Å²) in [5.74, 6) is 1.33. The molecule has 0 saturated heterocycles. The van der Waals surface area contributed by atoms with Crippen molar-refractivity contribution >= 4 is 39.1 Å². The molecule has 0 aliphatic carbocycles. The van der Waals surface area contributed by atoms with E-state index >= 15 is 0 Å². The van der Waals surface area contributed by atoms with E-state index in [0.717, 1.165) is 0 Å². The largest absolute Gasteiger partial charge is 0.497 e. The third-order valence-corrected chi connectivity index (χ3v) is 4.52. The van der Waals surface area contributed by atoms with Crippen LogP contribution in [0.25, 0.3) is 21.7 Å². The number of amides is 2. The number of hydrogen-bond acceptors (Lipinski definition) is 5. The number of nitrogens with one attached hydrogen (secondary N) is 2. The third-order valence-electron chi connectivity index (χ3n) is 4.52. The van der Waals surface area contributed by atoms with Crippen LogP contribution < -0.4 is 25.7 Å². The third kappa shape index (κ3) is 3.70. The van der Waals surface area contributed by atoms with Gasteiger partial charge in [0.25, 0.3) is 0 Å². The molecule has 0 aliphatic heterocycles. The minimum atomic E-state index is -0.423. The Morgan fingerprint density at radius 2 is 1.41 bits per heavy atom. The average Bonchev–Trinajstić information content (AvgIpc) is 2.74. The molecule has 1 aromatic heterocycles. The molecule has 4 rings (SSSR count). The second kappa shape index (κ2) is 7.55. The van der Waals surface area contributed by atoms with Crippen molar-refractivity contribution in [3.05, 3.63) is 71.1 Å². The smallest absolute Gasteiger partial charge is 0.344 e. The van der Waals surface area contributed by atoms with E-state index in [1.807, 2.05) is 0 Å². The van der Waals surface area contributed by atoms with Crippen LogP contribution in [-0.4, -0.2) is 20.3 Å². The highest BCUT2D eigenvalue weighted by Gasteiger charge is 2.11. The number of benzene rings is 3. The molecule has 7 heteroatoms. The van der Waals surface area contributed by atoms with Crippen LogP contribution in [0.4, 0.5) is 16.2 Å². The summed E-state index contributed by atoms with van der Waals surface area (Å²) in [6.45, 7) is 0. The Labute approximate surface area is 165 Å². The summed E-state index contributed by atoms with van der Waals surface area (Å²) >= 11 is 0. The van der Waals surface area contributed by atoms with Crippen LogP contribution in [-0.2, 0) is 0 Å². The van der Waals surface area contributed by atoms with E-state index in [-0.39, 0.29) is 0 Å². The van der Waals surface area contributed by atoms with Gasteiger partial charge in [0.2, 0.25) is 0 Å². The number of hydrogen-bond donors (Lipinski definition) is 2. The predicted octanol–water partition coefficient (Wildman–Crippen LogP) is 4.61. The number of rotatable bonds is 4. The molecular weight excluding hydrogens is 372 g/mol. The summed E-state index contributed by atoms with van der Waals surface area (Å²) in [7, 11) is 3.14. The molecule has 0 atom stereocenters. The summed E-state index contributed by atoms with van der Waals surface area (Å²) in [5.41, 5.74) is 1.19. The van der Waals surface area contributed by atoms with Gasteiger partial charge in [-0.15, -0.1) is 0 Å². The van der Waals surface area contributed by atoms with E-state index < -0.39 is 11.7 Å². The molecule has 7 nitrogen and oxygen atoms in total. The zero-order valence-corrected chi connectivity index (χ0v) is 15.8. The van der Waals surface area contributed by atoms with Gasteiger partial charge in [-0.2, -0.15) is 0 Å². The van der Waals surface area contributed by atoms with Crippen molar-refractivity contribution < 1.29 is 18.7 Å². The molecule has 0 bridgehead atoms. The number of methoxy groups -OCH3 is 2. The highest BCUT2D eigenvalue weighted by molar-refractivity contribution is 6.07. The average molecular weight is 390 g/mol. The molecule has 0 spiro atoms. The van der Waals surface area contributed by atoms with E-state index in [1.165, 1.54) is 0 Å². The second-order valence-corrected chi connectivity index (χ2v) is 6.32. The van der Waals surface area contributed by atoms with Crippen molar-refractivity contribution in [1.29, 1.82) is 0 Å². The van der Waals surface area contributed by atoms with Gasteiger partial charge in [0, 0.05) is 22.1 Å². The summed E-state index contributed by atoms with van der Waals surface area (Å²) in [5, 5.41) is 7.37. The van der Waals surface area contributed by atoms with Crippen molar-refractivity contribution in [1.82, 2.24) is 0 Å². The van der Waals surface area contributed by atoms with E-state index in [9.17, 15) is 9.59 Å². The van der Waals surface area contributed by atoms with Gasteiger partial charge in [-0.25, -0.2) is 9.59 Å². The summed E-state index contributed by atoms with van der Waals surface area (Å²) < 4.78 is 15.8. The first-order valence-electron chi connectivity index (χ1n) is 8.84. The van der Waals surface area contributed by atoms with Crippen LogP contribution in [0.3, 0.4) is 0 Å². The fourth-order valence-electron chi connectivity index (χ4n) is 3.08. The van der Waals surface area contributed by atoms with Gasteiger partial charge in [0.15, 0.2) is 0 Å². The molecule has 0 aliphatic rings. The Hall–Kier alpha value is -4.00. The lowest BCUT2D eigenvalue weighted by atomic mass is 10.1. The minimum absolute atomic E-state index is 0.395. The Morgan fingerprint density at radius 1 is 0.759 bits per heavy atom. The summed E-state index contributed by atoms with van der Waals surface area (Å²) in [4.78, 5) is 24.6. The van der Waals surface area contributed by atoms with Crippen LogP contribution in [0.1, 0.15) is 0 Å². The Morgan fingerprint density at radius 3 is 2.14 bits per heavy atom. The van der Waals surface area contributed by atoms with Crippen LogP contribution in [0.5, 0.6) is 11.5 Å². The first-order valence-corrected chi connectivity index (χ1v) is 8.84. The molecule has 4 aromatic rings. The van der Waals surface area contributed by atoms with Crippen LogP contribution in [0.2, 0.25) is 0 Å². The van der Waals surface area contributed by atoms with Crippen molar-refractivity contribution in [3.63, 3.8) is 0 Å². The lowest BCUT2D eigenvalue weighted by Crippen LogP contribution is -2.19. The number of urea groups is 1. The number of fused-ring (bicyclic) bond motifs is 3. The normalized spacial score (nSPS) is 10.7. The first kappa shape index (κ1) is 18.4. The number of ether oxygens (including phenoxy) is 2. The quantitative estimate of drug-likeness (QED) is 0.392. The molecule has 2 N–H and O–H groups in total. The van der Waals surface area contributed by atoms with Crippen molar-refractivity contribution in [3.8, 4) is 11.5 Å². The van der Waals surface area contributed by atoms with E-state index in [0.29, 0.717) is 44.6 Å². The predicted molar refractivity (Wildman–Crippen MR) is 112 cm³/mol. The lowest BCUT2D eigenvalue weighted by molar-refractivity contribution is 0.262. The lowest BCUT2D eigenvalue weighted by Gasteiger charge is -2.10. The standard InChI is InChI=1S/C22H18N2O5/c1-27-15-6-3-13(4-7-15)23-22(26)24-14-5-10-20-19(11-14)18-12-16(28-2)8-9-17(18)21(25)29-20/h3-12H,1-2H3,(H2,23,24,26). The van der Waals surface area contributed by atoms with Gasteiger partial charge in [-0.1, -0.05) is 0 Å². The fourth-order valence-corrected chi connectivity index (χ4v) is 3.08. The van der Waals surface area contributed by atoms with Crippen LogP contribution in [0, 0.1) is 0 Å². The Bertz CT molecular complexity index is 1260. The van der Waals surface area contributed by atoms with E-state index in [2.05, 4.69) is 10.6 Å². The van der Waals surface area contributed by atoms with Gasteiger partial charge in [-0.05, 0) is 60.7 Å². The first-order chi connectivity index (χ1) is 14.1. The molecule has 3 aromatic carbocycles. The van der Waals surface area contributed by atoms with Crippen LogP contribution >= 0.6 is 0 Å². The van der Waals surface area contributed by atoms with Gasteiger partial charge >= 0.3 is 11.7 Å². The number of carbonyl (C=O) groups excluding carboxylic acids is 1. The zero-order chi connectivity index (χ0) is 20.4. The van der Waals surface area contributed by atoms with Crippen molar-refractivity contribution in [2.24, 2.45) is 0 Å². The maximum Gasteiger partial charge on any atom is 0.344 e. The van der Waals surface area contributed by atoms with Gasteiger partial charge in [0.1, 0.15) is 17.1 Å². The molecule has 0 unspecified atom stereocenters. The van der Waals surface area contributed by atoms with Crippen LogP contribution in [0.15, 0.2) is 69.9 Å². The molecule has 0 radical (unpaired) electrons. The van der Waals surface area contributed by atoms with Crippen molar-refractivity contribution in [2.75, 3.05) is 24.9 Å². The van der Waals surface area contributed by atoms with Crippen molar-refractivity contribution in [2.45, 2.75) is 0 Å². The maximum atomic E-state index is 12.3. The number of carbonyl (C=O) groups is 1. The minimum Gasteiger partial charge on any atom is -0.497 e. The molecule has 0 saturated carbocycles. The Kier molecular flexibility index (Phi) is 4.78. The summed E-state index contributed by atoms with van der Waals surface area (Å²) in [6, 6.07) is 16.8. The molecule has 146 valence electrons. The second-order valence-electron chi connectivity index (χ2n) is 6.32. The number of anilines is 2. The monoisotopic (exact) mass is 390 g/mol. The zero-order valence-electron chi connectivity index (χ0n) is 15.8. The summed E-state index contributed by atoms with van der Waals surface area (Å²) in [6.07, 6.45) is 0. The van der Waals surface area contributed by atoms with Gasteiger partial charge < -0.3 is 24.5 Å². The maximum absolute atomic E-state index is 12.3. The SMILES string of the molecule is COc1ccc(NC(=O)Nc2ccc3oc(=O)c4ccc(OC)cc4c3c2)cc1. The van der Waals surface area contributed by atoms with E-state index in [4.69, 9.17) is 13.9 Å². The Balaban J connectivity index is 1.65. The van der Waals surface area contributed by atoms with E-state index in [1.54, 1.807) is 74.9 Å². The molecule has 29 heavy (non-hydrogen) atoms. The molecular formula is C22H18N2O5. The fraction of sp³-hybridized carbons (Fsp3) is 0.0909. The van der Waals surface area contributed by atoms with Gasteiger partial charge in [0.05, 0.1) is 19.6 Å².